The van der Waals surface area contributed by atoms with Crippen LogP contribution in [0.1, 0.15) is 40.5 Å². The van der Waals surface area contributed by atoms with Gasteiger partial charge in [0.2, 0.25) is 11.8 Å². The molecular weight excluding hydrogens is 568 g/mol. The number of carbonyl (C=O) groups is 2. The minimum absolute atomic E-state index is 0.205. The number of esters is 2. The van der Waals surface area contributed by atoms with Gasteiger partial charge in [0, 0.05) is 12.4 Å². The Balaban J connectivity index is 1.28. The first-order valence-electron chi connectivity index (χ1n) is 11.3. The minimum Gasteiger partial charge on any atom is -0.480 e. The summed E-state index contributed by atoms with van der Waals surface area (Å²) in [5.74, 6) is -0.337. The number of hydrogen-bond acceptors (Lipinski definition) is 10. The largest absolute Gasteiger partial charge is 0.480 e. The summed E-state index contributed by atoms with van der Waals surface area (Å²) in [6, 6.07) is 6.58. The van der Waals surface area contributed by atoms with Crippen molar-refractivity contribution < 1.29 is 28.5 Å². The second-order valence-corrected chi connectivity index (χ2v) is 8.95. The van der Waals surface area contributed by atoms with Gasteiger partial charge in [-0.25, -0.2) is 19.6 Å². The Bertz CT molecular complexity index is 1470. The third kappa shape index (κ3) is 6.41. The van der Waals surface area contributed by atoms with Gasteiger partial charge in [-0.2, -0.15) is 0 Å². The summed E-state index contributed by atoms with van der Waals surface area (Å²) in [6.45, 7) is 2.56. The normalized spacial score (nSPS) is 10.9. The minimum atomic E-state index is -0.505. The van der Waals surface area contributed by atoms with Crippen LogP contribution < -0.4 is 9.47 Å². The van der Waals surface area contributed by atoms with Crippen LogP contribution in [0.3, 0.4) is 0 Å². The average Bonchev–Trinajstić information content (AvgIpc) is 2.89. The highest BCUT2D eigenvalue weighted by Crippen LogP contribution is 2.27. The lowest BCUT2D eigenvalue weighted by atomic mass is 10.2. The highest BCUT2D eigenvalue weighted by atomic mass is 79.9. The van der Waals surface area contributed by atoms with Crippen LogP contribution in [0.25, 0.3) is 22.1 Å². The molecule has 4 aromatic heterocycles. The molecule has 192 valence electrons. The third-order valence-corrected chi connectivity index (χ3v) is 5.96. The fourth-order valence-electron chi connectivity index (χ4n) is 3.32. The number of rotatable bonds is 10. The smallest absolute Gasteiger partial charge is 0.339 e. The molecule has 10 nitrogen and oxygen atoms in total. The first-order valence-corrected chi connectivity index (χ1v) is 12.5. The summed E-state index contributed by atoms with van der Waals surface area (Å²) in [5, 5.41) is 0.337. The van der Waals surface area contributed by atoms with Crippen LogP contribution in [0, 0.1) is 0 Å². The predicted molar refractivity (Wildman–Crippen MR) is 139 cm³/mol. The molecule has 0 aromatic carbocycles. The molecule has 0 amide bonds. The Morgan fingerprint density at radius 3 is 2.08 bits per heavy atom. The van der Waals surface area contributed by atoms with E-state index in [0.717, 1.165) is 0 Å². The Morgan fingerprint density at radius 1 is 0.838 bits per heavy atom. The molecule has 4 heterocycles. The van der Waals surface area contributed by atoms with E-state index in [1.165, 1.54) is 19.5 Å². The van der Waals surface area contributed by atoms with Gasteiger partial charge in [0.15, 0.2) is 0 Å². The lowest BCUT2D eigenvalue weighted by Crippen LogP contribution is -2.09. The zero-order valence-electron chi connectivity index (χ0n) is 20.0. The van der Waals surface area contributed by atoms with Crippen molar-refractivity contribution in [3.05, 3.63) is 57.3 Å². The van der Waals surface area contributed by atoms with Crippen LogP contribution in [0.2, 0.25) is 5.02 Å². The van der Waals surface area contributed by atoms with E-state index in [-0.39, 0.29) is 24.7 Å². The molecule has 0 aliphatic heterocycles. The van der Waals surface area contributed by atoms with Crippen molar-refractivity contribution in [1.82, 2.24) is 19.9 Å². The zero-order chi connectivity index (χ0) is 26.4. The SMILES string of the molecule is CCOC(=O)c1cnc2cc(Br)c(OCCCCOC(=O)c3cnc4cc(Cl)c(OC)nc4c3)nc2c1. The first-order chi connectivity index (χ1) is 17.9. The average molecular weight is 590 g/mol. The van der Waals surface area contributed by atoms with Crippen LogP contribution in [0.4, 0.5) is 0 Å². The summed E-state index contributed by atoms with van der Waals surface area (Å²) < 4.78 is 21.9. The van der Waals surface area contributed by atoms with Gasteiger partial charge in [-0.15, -0.1) is 0 Å². The van der Waals surface area contributed by atoms with Crippen molar-refractivity contribution in [2.24, 2.45) is 0 Å². The van der Waals surface area contributed by atoms with Gasteiger partial charge < -0.3 is 18.9 Å². The van der Waals surface area contributed by atoms with Gasteiger partial charge in [0.05, 0.1) is 64.6 Å². The number of aromatic nitrogens is 4. The van der Waals surface area contributed by atoms with E-state index in [4.69, 9.17) is 30.5 Å². The highest BCUT2D eigenvalue weighted by Gasteiger charge is 2.14. The number of halogens is 2. The van der Waals surface area contributed by atoms with Crippen molar-refractivity contribution in [2.75, 3.05) is 26.9 Å². The summed E-state index contributed by atoms with van der Waals surface area (Å²) >= 11 is 9.49. The van der Waals surface area contributed by atoms with Gasteiger partial charge >= 0.3 is 11.9 Å². The van der Waals surface area contributed by atoms with E-state index < -0.39 is 11.9 Å². The molecule has 4 aromatic rings. The van der Waals surface area contributed by atoms with E-state index >= 15 is 0 Å². The van der Waals surface area contributed by atoms with Gasteiger partial charge in [-0.05, 0) is 60.0 Å². The number of methoxy groups -OCH3 is 1. The van der Waals surface area contributed by atoms with Gasteiger partial charge in [0.1, 0.15) is 5.02 Å². The molecule has 4 rings (SSSR count). The fourth-order valence-corrected chi connectivity index (χ4v) is 3.96. The predicted octanol–water partition coefficient (Wildman–Crippen LogP) is 5.19. The molecule has 0 fully saturated rings. The maximum atomic E-state index is 12.4. The van der Waals surface area contributed by atoms with Crippen molar-refractivity contribution in [3.8, 4) is 11.8 Å². The van der Waals surface area contributed by atoms with Crippen LogP contribution in [0.5, 0.6) is 11.8 Å². The topological polar surface area (TPSA) is 123 Å². The second kappa shape index (κ2) is 12.1. The molecule has 0 aliphatic rings. The van der Waals surface area contributed by atoms with Crippen LogP contribution in [-0.4, -0.2) is 58.8 Å². The Hall–Kier alpha value is -3.57. The first kappa shape index (κ1) is 26.5. The quantitative estimate of drug-likeness (QED) is 0.180. The number of fused-ring (bicyclic) bond motifs is 2. The van der Waals surface area contributed by atoms with Crippen molar-refractivity contribution >= 4 is 61.5 Å². The molecule has 0 unspecified atom stereocenters. The molecule has 0 N–H and O–H groups in total. The van der Waals surface area contributed by atoms with Gasteiger partial charge in [0.25, 0.3) is 0 Å². The molecule has 0 saturated carbocycles. The maximum absolute atomic E-state index is 12.4. The molecule has 0 aliphatic carbocycles. The van der Waals surface area contributed by atoms with Crippen LogP contribution >= 0.6 is 27.5 Å². The zero-order valence-corrected chi connectivity index (χ0v) is 22.3. The maximum Gasteiger partial charge on any atom is 0.339 e. The number of nitrogens with zero attached hydrogens (tertiary/aromatic N) is 4. The standard InChI is InChI=1S/C25H22BrClN4O6/c1-3-35-24(32)14-8-20-18(28-12-14)10-16(26)22(30-20)36-6-4-5-7-37-25(33)15-9-21-19(29-13-15)11-17(27)23(31-21)34-2/h8-13H,3-7H2,1-2H3. The number of pyridine rings is 4. The Labute approximate surface area is 225 Å². The molecular formula is C25H22BrClN4O6. The van der Waals surface area contributed by atoms with E-state index in [1.807, 2.05) is 0 Å². The Kier molecular flexibility index (Phi) is 8.67. The summed E-state index contributed by atoms with van der Waals surface area (Å²) in [4.78, 5) is 41.6. The number of hydrogen-bond donors (Lipinski definition) is 0. The lowest BCUT2D eigenvalue weighted by molar-refractivity contribution is 0.0491. The van der Waals surface area contributed by atoms with E-state index in [9.17, 15) is 9.59 Å². The number of carbonyl (C=O) groups excluding carboxylic acids is 2. The van der Waals surface area contributed by atoms with Crippen molar-refractivity contribution in [1.29, 1.82) is 0 Å². The van der Waals surface area contributed by atoms with Gasteiger partial charge in [-0.1, -0.05) is 11.6 Å². The van der Waals surface area contributed by atoms with E-state index in [0.29, 0.717) is 62.5 Å². The molecule has 0 bridgehead atoms. The molecule has 0 spiro atoms. The van der Waals surface area contributed by atoms with Crippen molar-refractivity contribution in [2.45, 2.75) is 19.8 Å². The number of ether oxygens (including phenoxy) is 4. The van der Waals surface area contributed by atoms with E-state index in [2.05, 4.69) is 35.9 Å². The summed E-state index contributed by atoms with van der Waals surface area (Å²) in [6.07, 6.45) is 4.07. The lowest BCUT2D eigenvalue weighted by Gasteiger charge is -2.10. The summed E-state index contributed by atoms with van der Waals surface area (Å²) in [5.41, 5.74) is 2.73. The summed E-state index contributed by atoms with van der Waals surface area (Å²) in [7, 11) is 1.46. The number of unbranched alkanes of at least 4 members (excludes halogenated alkanes) is 1. The molecule has 0 saturated heterocycles. The second-order valence-electron chi connectivity index (χ2n) is 7.69. The Morgan fingerprint density at radius 2 is 1.43 bits per heavy atom. The van der Waals surface area contributed by atoms with Crippen molar-refractivity contribution in [3.63, 3.8) is 0 Å². The van der Waals surface area contributed by atoms with Crippen LogP contribution in [0.15, 0.2) is 41.1 Å². The monoisotopic (exact) mass is 588 g/mol. The molecule has 37 heavy (non-hydrogen) atoms. The van der Waals surface area contributed by atoms with Gasteiger partial charge in [-0.3, -0.25) is 9.97 Å². The molecule has 0 radical (unpaired) electrons. The highest BCUT2D eigenvalue weighted by molar-refractivity contribution is 9.10. The van der Waals surface area contributed by atoms with Crippen LogP contribution in [-0.2, 0) is 9.47 Å². The third-order valence-electron chi connectivity index (χ3n) is 5.13. The van der Waals surface area contributed by atoms with E-state index in [1.54, 1.807) is 31.2 Å². The molecule has 0 atom stereocenters. The fraction of sp³-hybridized carbons (Fsp3) is 0.280. The molecule has 12 heteroatoms.